The number of ether oxygens (including phenoxy) is 1. The average molecular weight is 445 g/mol. The molecule has 0 aliphatic carbocycles. The van der Waals surface area contributed by atoms with E-state index < -0.39 is 11.8 Å². The number of thiocarbonyl (C=S) groups is 1. The second kappa shape index (κ2) is 7.62. The summed E-state index contributed by atoms with van der Waals surface area (Å²) in [6.07, 6.45) is 1.54. The zero-order valence-electron chi connectivity index (χ0n) is 15.0. The van der Waals surface area contributed by atoms with E-state index >= 15 is 0 Å². The van der Waals surface area contributed by atoms with Gasteiger partial charge < -0.3 is 4.74 Å². The fourth-order valence-corrected chi connectivity index (χ4v) is 3.70. The van der Waals surface area contributed by atoms with Crippen LogP contribution in [0.1, 0.15) is 16.7 Å². The predicted octanol–water partition coefficient (Wildman–Crippen LogP) is 3.91. The maximum absolute atomic E-state index is 13.1. The highest BCUT2D eigenvalue weighted by atomic mass is 79.9. The van der Waals surface area contributed by atoms with Gasteiger partial charge in [0, 0.05) is 0 Å². The van der Waals surface area contributed by atoms with E-state index in [-0.39, 0.29) is 10.7 Å². The molecule has 1 saturated heterocycles. The predicted molar refractivity (Wildman–Crippen MR) is 113 cm³/mol. The summed E-state index contributed by atoms with van der Waals surface area (Å²) < 4.78 is 5.93. The van der Waals surface area contributed by atoms with E-state index in [2.05, 4.69) is 21.2 Å². The fraction of sp³-hybridized carbons (Fsp3) is 0.150. The summed E-state index contributed by atoms with van der Waals surface area (Å²) in [4.78, 5) is 26.8. The molecule has 0 spiro atoms. The Morgan fingerprint density at radius 2 is 1.89 bits per heavy atom. The lowest BCUT2D eigenvalue weighted by Crippen LogP contribution is -2.54. The van der Waals surface area contributed by atoms with Gasteiger partial charge in [-0.1, -0.05) is 23.8 Å². The Morgan fingerprint density at radius 1 is 1.15 bits per heavy atom. The number of hydrogen-bond donors (Lipinski definition) is 1. The lowest BCUT2D eigenvalue weighted by atomic mass is 10.0. The molecule has 1 aliphatic rings. The summed E-state index contributed by atoms with van der Waals surface area (Å²) in [5.74, 6) is -0.310. The number of carbonyl (C=O) groups excluding carboxylic acids is 2. The molecule has 1 heterocycles. The van der Waals surface area contributed by atoms with Gasteiger partial charge in [0.15, 0.2) is 5.11 Å². The average Bonchev–Trinajstić information content (AvgIpc) is 2.60. The van der Waals surface area contributed by atoms with E-state index in [0.29, 0.717) is 17.0 Å². The smallest absolute Gasteiger partial charge is 0.270 e. The van der Waals surface area contributed by atoms with Crippen LogP contribution in [0.25, 0.3) is 6.08 Å². The molecule has 1 aliphatic heterocycles. The normalized spacial score (nSPS) is 15.9. The Bertz CT molecular complexity index is 1000. The van der Waals surface area contributed by atoms with Crippen LogP contribution in [0.2, 0.25) is 0 Å². The Hall–Kier alpha value is -2.51. The van der Waals surface area contributed by atoms with Crippen molar-refractivity contribution in [3.8, 4) is 5.75 Å². The molecule has 2 amide bonds. The zero-order chi connectivity index (χ0) is 19.7. The third-order valence-electron chi connectivity index (χ3n) is 4.18. The number of rotatable bonds is 3. The van der Waals surface area contributed by atoms with E-state index in [9.17, 15) is 9.59 Å². The number of nitrogens with one attached hydrogen (secondary N) is 1. The second-order valence-corrected chi connectivity index (χ2v) is 7.38. The number of hydrogen-bond acceptors (Lipinski definition) is 4. The van der Waals surface area contributed by atoms with Crippen molar-refractivity contribution >= 4 is 56.8 Å². The molecule has 0 saturated carbocycles. The number of anilines is 1. The van der Waals surface area contributed by atoms with Gasteiger partial charge in [-0.15, -0.1) is 0 Å². The van der Waals surface area contributed by atoms with Crippen molar-refractivity contribution in [3.63, 3.8) is 0 Å². The summed E-state index contributed by atoms with van der Waals surface area (Å²) in [7, 11) is 1.57. The summed E-state index contributed by atoms with van der Waals surface area (Å²) in [6.45, 7) is 3.88. The number of benzene rings is 2. The molecule has 7 heteroatoms. The molecule has 1 fully saturated rings. The van der Waals surface area contributed by atoms with Crippen molar-refractivity contribution in [2.45, 2.75) is 13.8 Å². The Balaban J connectivity index is 2.03. The third-order valence-corrected chi connectivity index (χ3v) is 5.09. The first-order chi connectivity index (χ1) is 12.8. The first-order valence-electron chi connectivity index (χ1n) is 8.14. The molecule has 2 aromatic carbocycles. The molecule has 0 radical (unpaired) electrons. The van der Waals surface area contributed by atoms with Gasteiger partial charge in [0.1, 0.15) is 11.3 Å². The number of aryl methyl sites for hydroxylation is 2. The minimum Gasteiger partial charge on any atom is -0.496 e. The molecule has 2 aromatic rings. The largest absolute Gasteiger partial charge is 0.496 e. The molecule has 0 bridgehead atoms. The minimum atomic E-state index is -0.516. The molecule has 0 aromatic heterocycles. The summed E-state index contributed by atoms with van der Waals surface area (Å²) >= 11 is 8.65. The van der Waals surface area contributed by atoms with E-state index in [1.807, 2.05) is 32.0 Å². The number of nitrogens with zero attached hydrogens (tertiary/aromatic N) is 1. The maximum atomic E-state index is 13.1. The van der Waals surface area contributed by atoms with Crippen molar-refractivity contribution < 1.29 is 14.3 Å². The Morgan fingerprint density at radius 3 is 2.52 bits per heavy atom. The summed E-state index contributed by atoms with van der Waals surface area (Å²) in [5.41, 5.74) is 3.33. The van der Waals surface area contributed by atoms with Gasteiger partial charge in [0.25, 0.3) is 11.8 Å². The van der Waals surface area contributed by atoms with E-state index in [4.69, 9.17) is 17.0 Å². The van der Waals surface area contributed by atoms with Gasteiger partial charge in [-0.25, -0.2) is 0 Å². The molecule has 0 unspecified atom stereocenters. The van der Waals surface area contributed by atoms with Gasteiger partial charge in [-0.3, -0.25) is 19.8 Å². The van der Waals surface area contributed by atoms with E-state index in [1.165, 1.54) is 4.90 Å². The number of methoxy groups -OCH3 is 1. The van der Waals surface area contributed by atoms with Crippen molar-refractivity contribution in [1.82, 2.24) is 5.32 Å². The maximum Gasteiger partial charge on any atom is 0.270 e. The molecule has 27 heavy (non-hydrogen) atoms. The summed E-state index contributed by atoms with van der Waals surface area (Å²) in [6, 6.07) is 11.0. The van der Waals surface area contributed by atoms with Crippen LogP contribution >= 0.6 is 28.1 Å². The van der Waals surface area contributed by atoms with Crippen LogP contribution in [0.3, 0.4) is 0 Å². The van der Waals surface area contributed by atoms with Crippen LogP contribution in [0.4, 0.5) is 5.69 Å². The molecule has 1 N–H and O–H groups in total. The Kier molecular flexibility index (Phi) is 5.43. The SMILES string of the molecule is COc1ccc(/C=C2\C(=O)NC(=S)N(c3ccc(C)cc3C)C2=O)cc1Br. The molecule has 3 rings (SSSR count). The van der Waals surface area contributed by atoms with Crippen LogP contribution in [0.5, 0.6) is 5.75 Å². The monoisotopic (exact) mass is 444 g/mol. The first kappa shape index (κ1) is 19.3. The van der Waals surface area contributed by atoms with Gasteiger partial charge >= 0.3 is 0 Å². The number of amides is 2. The molecular weight excluding hydrogens is 428 g/mol. The Labute approximate surface area is 171 Å². The third kappa shape index (κ3) is 3.79. The lowest BCUT2D eigenvalue weighted by molar-refractivity contribution is -0.122. The second-order valence-electron chi connectivity index (χ2n) is 6.14. The number of halogens is 1. The van der Waals surface area contributed by atoms with Crippen LogP contribution in [0.15, 0.2) is 46.4 Å². The number of carbonyl (C=O) groups is 2. The van der Waals surface area contributed by atoms with Gasteiger partial charge in [-0.2, -0.15) is 0 Å². The fourth-order valence-electron chi connectivity index (χ4n) is 2.87. The van der Waals surface area contributed by atoms with E-state index in [1.54, 1.807) is 31.4 Å². The van der Waals surface area contributed by atoms with Crippen LogP contribution in [-0.4, -0.2) is 24.0 Å². The van der Waals surface area contributed by atoms with Crippen molar-refractivity contribution in [3.05, 3.63) is 63.1 Å². The molecule has 0 atom stereocenters. The van der Waals surface area contributed by atoms with Crippen LogP contribution in [0, 0.1) is 13.8 Å². The first-order valence-corrected chi connectivity index (χ1v) is 9.34. The molecule has 5 nitrogen and oxygen atoms in total. The van der Waals surface area contributed by atoms with Crippen LogP contribution < -0.4 is 15.0 Å². The minimum absolute atomic E-state index is 0.0145. The van der Waals surface area contributed by atoms with Crippen molar-refractivity contribution in [2.75, 3.05) is 12.0 Å². The molecule has 138 valence electrons. The van der Waals surface area contributed by atoms with Crippen molar-refractivity contribution in [1.29, 1.82) is 0 Å². The topological polar surface area (TPSA) is 58.6 Å². The van der Waals surface area contributed by atoms with Gasteiger partial charge in [0.05, 0.1) is 17.3 Å². The molecular formula is C20H17BrN2O3S. The highest BCUT2D eigenvalue weighted by molar-refractivity contribution is 9.10. The van der Waals surface area contributed by atoms with E-state index in [0.717, 1.165) is 15.6 Å². The summed E-state index contributed by atoms with van der Waals surface area (Å²) in [5, 5.41) is 2.67. The highest BCUT2D eigenvalue weighted by Gasteiger charge is 2.35. The zero-order valence-corrected chi connectivity index (χ0v) is 17.4. The van der Waals surface area contributed by atoms with Crippen molar-refractivity contribution in [2.24, 2.45) is 0 Å². The standard InChI is InChI=1S/C20H17BrN2O3S/c1-11-4-6-16(12(2)8-11)23-19(25)14(18(24)22-20(23)27)9-13-5-7-17(26-3)15(21)10-13/h4-10H,1-3H3,(H,22,24,27)/b14-9+. The quantitative estimate of drug-likeness (QED) is 0.442. The lowest BCUT2D eigenvalue weighted by Gasteiger charge is -2.30. The highest BCUT2D eigenvalue weighted by Crippen LogP contribution is 2.29. The van der Waals surface area contributed by atoms with Gasteiger partial charge in [0.2, 0.25) is 0 Å². The van der Waals surface area contributed by atoms with Crippen LogP contribution in [-0.2, 0) is 9.59 Å². The van der Waals surface area contributed by atoms with Gasteiger partial charge in [-0.05, 0) is 77.4 Å².